The second-order valence-electron chi connectivity index (χ2n) is 7.69. The van der Waals surface area contributed by atoms with Crippen molar-refractivity contribution in [3.8, 4) is 17.3 Å². The van der Waals surface area contributed by atoms with Gasteiger partial charge in [-0.25, -0.2) is 0 Å². The molecular formula is C24H22ClN5O2. The Morgan fingerprint density at radius 1 is 0.938 bits per heavy atom. The number of halogens is 1. The van der Waals surface area contributed by atoms with E-state index in [1.807, 2.05) is 66.7 Å². The Morgan fingerprint density at radius 3 is 2.47 bits per heavy atom. The molecule has 8 heteroatoms. The van der Waals surface area contributed by atoms with Gasteiger partial charge in [-0.2, -0.15) is 4.98 Å². The van der Waals surface area contributed by atoms with E-state index in [4.69, 9.17) is 20.9 Å². The Kier molecular flexibility index (Phi) is 5.98. The molecule has 162 valence electrons. The maximum absolute atomic E-state index is 6.20. The molecule has 3 heterocycles. The van der Waals surface area contributed by atoms with Gasteiger partial charge in [0.1, 0.15) is 11.9 Å². The molecule has 0 unspecified atom stereocenters. The summed E-state index contributed by atoms with van der Waals surface area (Å²) in [4.78, 5) is 6.66. The summed E-state index contributed by atoms with van der Waals surface area (Å²) in [6, 6.07) is 21.4. The zero-order valence-corrected chi connectivity index (χ0v) is 18.2. The van der Waals surface area contributed by atoms with E-state index in [9.17, 15) is 0 Å². The Hall–Kier alpha value is -3.45. The van der Waals surface area contributed by atoms with Crippen LogP contribution in [0.1, 0.15) is 24.2 Å². The van der Waals surface area contributed by atoms with Crippen molar-refractivity contribution in [1.82, 2.24) is 20.3 Å². The molecule has 5 rings (SSSR count). The molecule has 32 heavy (non-hydrogen) atoms. The highest BCUT2D eigenvalue weighted by Crippen LogP contribution is 2.28. The first-order chi connectivity index (χ1) is 15.7. The topological polar surface area (TPSA) is 77.2 Å². The monoisotopic (exact) mass is 447 g/mol. The van der Waals surface area contributed by atoms with Crippen LogP contribution in [0.3, 0.4) is 0 Å². The van der Waals surface area contributed by atoms with Gasteiger partial charge in [-0.15, -0.1) is 10.2 Å². The van der Waals surface area contributed by atoms with Crippen molar-refractivity contribution in [2.75, 3.05) is 18.0 Å². The second-order valence-corrected chi connectivity index (χ2v) is 8.10. The van der Waals surface area contributed by atoms with E-state index in [1.165, 1.54) is 0 Å². The molecule has 0 amide bonds. The number of nitrogens with zero attached hydrogens (tertiary/aromatic N) is 5. The van der Waals surface area contributed by atoms with Gasteiger partial charge in [-0.05, 0) is 29.8 Å². The molecule has 0 radical (unpaired) electrons. The number of hydrogen-bond donors (Lipinski definition) is 0. The van der Waals surface area contributed by atoms with E-state index in [0.29, 0.717) is 28.9 Å². The zero-order chi connectivity index (χ0) is 21.8. The molecule has 1 aliphatic rings. The van der Waals surface area contributed by atoms with Crippen molar-refractivity contribution in [3.63, 3.8) is 0 Å². The van der Waals surface area contributed by atoms with E-state index in [1.54, 1.807) is 0 Å². The third-order valence-electron chi connectivity index (χ3n) is 5.44. The number of hydrogen-bond acceptors (Lipinski definition) is 7. The number of anilines is 1. The van der Waals surface area contributed by atoms with Crippen molar-refractivity contribution in [2.24, 2.45) is 0 Å². The summed E-state index contributed by atoms with van der Waals surface area (Å²) in [5, 5.41) is 13.4. The van der Waals surface area contributed by atoms with Crippen molar-refractivity contribution in [2.45, 2.75) is 25.4 Å². The second kappa shape index (κ2) is 9.36. The van der Waals surface area contributed by atoms with E-state index in [2.05, 4.69) is 25.2 Å². The van der Waals surface area contributed by atoms with Crippen LogP contribution in [0.2, 0.25) is 5.02 Å². The minimum Gasteiger partial charge on any atom is -0.489 e. The molecule has 1 saturated heterocycles. The van der Waals surface area contributed by atoms with Gasteiger partial charge in [0.05, 0.1) is 5.02 Å². The predicted molar refractivity (Wildman–Crippen MR) is 122 cm³/mol. The zero-order valence-electron chi connectivity index (χ0n) is 17.4. The average molecular weight is 448 g/mol. The molecule has 7 nitrogen and oxygen atoms in total. The molecule has 1 fully saturated rings. The molecule has 0 saturated carbocycles. The summed E-state index contributed by atoms with van der Waals surface area (Å²) >= 11 is 6.20. The number of para-hydroxylation sites is 1. The fraction of sp³-hybridized carbons (Fsp3) is 0.250. The SMILES string of the molecule is Clc1ccccc1OC1CCN(c2ccc(-c3nc(Cc4ccccc4)no3)nn2)CC1. The third-order valence-corrected chi connectivity index (χ3v) is 5.75. The Balaban J connectivity index is 1.18. The van der Waals surface area contributed by atoms with E-state index in [0.717, 1.165) is 43.1 Å². The number of benzene rings is 2. The van der Waals surface area contributed by atoms with Crippen LogP contribution in [0.25, 0.3) is 11.6 Å². The van der Waals surface area contributed by atoms with Gasteiger partial charge in [-0.3, -0.25) is 0 Å². The average Bonchev–Trinajstić information content (AvgIpc) is 3.30. The minimum atomic E-state index is 0.139. The Labute approximate surface area is 191 Å². The van der Waals surface area contributed by atoms with E-state index in [-0.39, 0.29) is 6.10 Å². The van der Waals surface area contributed by atoms with Crippen LogP contribution in [0, 0.1) is 0 Å². The summed E-state index contributed by atoms with van der Waals surface area (Å²) in [6.45, 7) is 1.68. The van der Waals surface area contributed by atoms with Gasteiger partial charge in [0.25, 0.3) is 5.89 Å². The Morgan fingerprint density at radius 2 is 1.72 bits per heavy atom. The van der Waals surface area contributed by atoms with Gasteiger partial charge in [0.2, 0.25) is 0 Å². The first-order valence-electron chi connectivity index (χ1n) is 10.6. The lowest BCUT2D eigenvalue weighted by Crippen LogP contribution is -2.38. The van der Waals surface area contributed by atoms with Crippen LogP contribution >= 0.6 is 11.6 Å². The summed E-state index contributed by atoms with van der Waals surface area (Å²) < 4.78 is 11.5. The summed E-state index contributed by atoms with van der Waals surface area (Å²) in [5.74, 6) is 2.57. The molecule has 1 aliphatic heterocycles. The van der Waals surface area contributed by atoms with E-state index >= 15 is 0 Å². The van der Waals surface area contributed by atoms with E-state index < -0.39 is 0 Å². The highest BCUT2D eigenvalue weighted by atomic mass is 35.5. The summed E-state index contributed by atoms with van der Waals surface area (Å²) in [6.07, 6.45) is 2.53. The number of aromatic nitrogens is 4. The van der Waals surface area contributed by atoms with Crippen molar-refractivity contribution in [3.05, 3.63) is 83.1 Å². The maximum atomic E-state index is 6.20. The standard InChI is InChI=1S/C24H22ClN5O2/c25-19-8-4-5-9-21(19)31-18-12-14-30(15-13-18)23-11-10-20(27-28-23)24-26-22(29-32-24)16-17-6-2-1-3-7-17/h1-11,18H,12-16H2. The normalized spacial score (nSPS) is 14.5. The molecule has 4 aromatic rings. The van der Waals surface area contributed by atoms with Gasteiger partial charge >= 0.3 is 0 Å². The highest BCUT2D eigenvalue weighted by molar-refractivity contribution is 6.32. The van der Waals surface area contributed by atoms with Crippen LogP contribution in [-0.2, 0) is 6.42 Å². The fourth-order valence-corrected chi connectivity index (χ4v) is 3.92. The number of rotatable bonds is 6. The first kappa shape index (κ1) is 20.5. The highest BCUT2D eigenvalue weighted by Gasteiger charge is 2.23. The molecule has 0 aliphatic carbocycles. The number of piperidine rings is 1. The first-order valence-corrected chi connectivity index (χ1v) is 11.0. The molecule has 0 atom stereocenters. The van der Waals surface area contributed by atoms with Crippen molar-refractivity contribution >= 4 is 17.4 Å². The summed E-state index contributed by atoms with van der Waals surface area (Å²) in [5.41, 5.74) is 1.70. The molecule has 2 aromatic heterocycles. The van der Waals surface area contributed by atoms with Crippen LogP contribution in [0.4, 0.5) is 5.82 Å². The molecular weight excluding hydrogens is 426 g/mol. The largest absolute Gasteiger partial charge is 0.489 e. The lowest BCUT2D eigenvalue weighted by atomic mass is 10.1. The lowest BCUT2D eigenvalue weighted by molar-refractivity contribution is 0.171. The van der Waals surface area contributed by atoms with Gasteiger partial charge in [0.15, 0.2) is 17.3 Å². The van der Waals surface area contributed by atoms with Gasteiger partial charge < -0.3 is 14.2 Å². The smallest absolute Gasteiger partial charge is 0.278 e. The van der Waals surface area contributed by atoms with Gasteiger partial charge in [-0.1, -0.05) is 59.2 Å². The maximum Gasteiger partial charge on any atom is 0.278 e. The lowest BCUT2D eigenvalue weighted by Gasteiger charge is -2.32. The van der Waals surface area contributed by atoms with Gasteiger partial charge in [0, 0.05) is 32.4 Å². The quantitative estimate of drug-likeness (QED) is 0.419. The number of ether oxygens (including phenoxy) is 1. The molecule has 2 aromatic carbocycles. The molecule has 0 spiro atoms. The fourth-order valence-electron chi connectivity index (χ4n) is 3.74. The predicted octanol–water partition coefficient (Wildman–Crippen LogP) is 4.82. The molecule has 0 N–H and O–H groups in total. The third kappa shape index (κ3) is 4.73. The van der Waals surface area contributed by atoms with Crippen molar-refractivity contribution in [1.29, 1.82) is 0 Å². The van der Waals surface area contributed by atoms with Crippen LogP contribution in [0.15, 0.2) is 71.3 Å². The van der Waals surface area contributed by atoms with Crippen LogP contribution in [0.5, 0.6) is 5.75 Å². The Bertz CT molecular complexity index is 1160. The summed E-state index contributed by atoms with van der Waals surface area (Å²) in [7, 11) is 0. The van der Waals surface area contributed by atoms with Crippen LogP contribution < -0.4 is 9.64 Å². The van der Waals surface area contributed by atoms with Crippen LogP contribution in [-0.4, -0.2) is 39.5 Å². The molecule has 0 bridgehead atoms. The minimum absolute atomic E-state index is 0.139. The van der Waals surface area contributed by atoms with Crippen molar-refractivity contribution < 1.29 is 9.26 Å².